The van der Waals surface area contributed by atoms with E-state index in [1.54, 1.807) is 12.1 Å². The molecule has 10 heteroatoms. The van der Waals surface area contributed by atoms with E-state index < -0.39 is 5.91 Å². The van der Waals surface area contributed by atoms with Crippen LogP contribution < -0.4 is 10.9 Å². The first-order chi connectivity index (χ1) is 11.2. The van der Waals surface area contributed by atoms with Crippen molar-refractivity contribution in [2.24, 2.45) is 0 Å². The Labute approximate surface area is 129 Å². The molecule has 3 rings (SSSR count). The van der Waals surface area contributed by atoms with Gasteiger partial charge in [0.05, 0.1) is 6.54 Å². The highest BCUT2D eigenvalue weighted by Crippen LogP contribution is 1.96. The largest absolute Gasteiger partial charge is 0.347 e. The molecule has 0 aromatic carbocycles. The molecule has 0 saturated carbocycles. The average Bonchev–Trinajstić information content (AvgIpc) is 3.12. The molecule has 3 aromatic heterocycles. The van der Waals surface area contributed by atoms with Crippen LogP contribution >= 0.6 is 0 Å². The summed E-state index contributed by atoms with van der Waals surface area (Å²) in [6, 6.07) is 4.55. The Balaban J connectivity index is 1.65. The molecule has 0 bridgehead atoms. The van der Waals surface area contributed by atoms with Crippen LogP contribution in [0.3, 0.4) is 0 Å². The third kappa shape index (κ3) is 3.43. The minimum atomic E-state index is -0.411. The predicted molar refractivity (Wildman–Crippen MR) is 77.8 cm³/mol. The molecule has 0 aliphatic carbocycles. The SMILES string of the molecule is O=C(NCCn1nc(-n2cncn2)ccc1=O)c1ncccn1. The molecule has 0 radical (unpaired) electrons. The third-order valence-electron chi connectivity index (χ3n) is 2.88. The van der Waals surface area contributed by atoms with Gasteiger partial charge in [-0.3, -0.25) is 9.59 Å². The predicted octanol–water partition coefficient (Wildman–Crippen LogP) is -0.956. The zero-order valence-electron chi connectivity index (χ0n) is 11.9. The van der Waals surface area contributed by atoms with Crippen LogP contribution in [0.25, 0.3) is 5.82 Å². The van der Waals surface area contributed by atoms with Crippen LogP contribution in [-0.2, 0) is 6.54 Å². The van der Waals surface area contributed by atoms with Crippen molar-refractivity contribution in [3.05, 3.63) is 59.4 Å². The highest BCUT2D eigenvalue weighted by Gasteiger charge is 2.08. The van der Waals surface area contributed by atoms with E-state index in [0.29, 0.717) is 5.82 Å². The smallest absolute Gasteiger partial charge is 0.289 e. The average molecular weight is 312 g/mol. The van der Waals surface area contributed by atoms with Crippen LogP contribution in [0.1, 0.15) is 10.6 Å². The van der Waals surface area contributed by atoms with E-state index in [-0.39, 0.29) is 24.5 Å². The van der Waals surface area contributed by atoms with E-state index in [9.17, 15) is 9.59 Å². The van der Waals surface area contributed by atoms with Crippen LogP contribution in [0.4, 0.5) is 0 Å². The number of hydrogen-bond donors (Lipinski definition) is 1. The van der Waals surface area contributed by atoms with Crippen LogP contribution in [0.2, 0.25) is 0 Å². The second-order valence-corrected chi connectivity index (χ2v) is 4.42. The van der Waals surface area contributed by atoms with Gasteiger partial charge < -0.3 is 5.32 Å². The molecular formula is C13H12N8O2. The molecule has 0 saturated heterocycles. The fraction of sp³-hybridized carbons (Fsp3) is 0.154. The maximum absolute atomic E-state index is 11.8. The fourth-order valence-electron chi connectivity index (χ4n) is 1.82. The highest BCUT2D eigenvalue weighted by molar-refractivity contribution is 5.90. The Kier molecular flexibility index (Phi) is 4.13. The molecular weight excluding hydrogens is 300 g/mol. The van der Waals surface area contributed by atoms with Gasteiger partial charge in [-0.2, -0.15) is 5.10 Å². The molecule has 0 spiro atoms. The first-order valence-electron chi connectivity index (χ1n) is 6.72. The summed E-state index contributed by atoms with van der Waals surface area (Å²) in [6.07, 6.45) is 5.81. The van der Waals surface area contributed by atoms with Crippen molar-refractivity contribution in [2.45, 2.75) is 6.54 Å². The quantitative estimate of drug-likeness (QED) is 0.644. The minimum Gasteiger partial charge on any atom is -0.347 e. The summed E-state index contributed by atoms with van der Waals surface area (Å²) in [7, 11) is 0. The molecule has 0 aliphatic heterocycles. The van der Waals surface area contributed by atoms with Crippen LogP contribution in [-0.4, -0.2) is 47.0 Å². The summed E-state index contributed by atoms with van der Waals surface area (Å²) in [5.41, 5.74) is -0.279. The van der Waals surface area contributed by atoms with E-state index in [1.165, 1.54) is 40.5 Å². The van der Waals surface area contributed by atoms with Crippen LogP contribution in [0, 0.1) is 0 Å². The summed E-state index contributed by atoms with van der Waals surface area (Å²) in [4.78, 5) is 35.1. The van der Waals surface area contributed by atoms with E-state index in [2.05, 4.69) is 30.5 Å². The summed E-state index contributed by atoms with van der Waals surface area (Å²) in [5.74, 6) is 0.120. The number of rotatable bonds is 5. The van der Waals surface area contributed by atoms with Gasteiger partial charge in [-0.05, 0) is 12.1 Å². The first-order valence-corrected chi connectivity index (χ1v) is 6.72. The lowest BCUT2D eigenvalue weighted by Crippen LogP contribution is -2.33. The molecule has 3 aromatic rings. The number of carbonyl (C=O) groups is 1. The highest BCUT2D eigenvalue weighted by atomic mass is 16.2. The lowest BCUT2D eigenvalue weighted by atomic mass is 10.5. The Hall–Kier alpha value is -3.43. The minimum absolute atomic E-state index is 0.0733. The molecule has 0 atom stereocenters. The Morgan fingerprint density at radius 1 is 1.22 bits per heavy atom. The Bertz CT molecular complexity index is 844. The van der Waals surface area contributed by atoms with Gasteiger partial charge >= 0.3 is 0 Å². The molecule has 116 valence electrons. The molecule has 10 nitrogen and oxygen atoms in total. The lowest BCUT2D eigenvalue weighted by Gasteiger charge is -2.07. The maximum Gasteiger partial charge on any atom is 0.289 e. The molecule has 0 aliphatic rings. The van der Waals surface area contributed by atoms with Crippen molar-refractivity contribution in [3.63, 3.8) is 0 Å². The molecule has 3 heterocycles. The standard InChI is InChI=1S/C13H12N8O2/c22-11-3-2-10(21-9-14-8-18-21)19-20(11)7-6-17-13(23)12-15-4-1-5-16-12/h1-5,8-9H,6-7H2,(H,17,23). The number of amides is 1. The maximum atomic E-state index is 11.8. The molecule has 23 heavy (non-hydrogen) atoms. The van der Waals surface area contributed by atoms with Crippen molar-refractivity contribution < 1.29 is 4.79 Å². The first kappa shape index (κ1) is 14.5. The number of carbonyl (C=O) groups excluding carboxylic acids is 1. The van der Waals surface area contributed by atoms with Crippen LogP contribution in [0.15, 0.2) is 48.0 Å². The van der Waals surface area contributed by atoms with Crippen molar-refractivity contribution >= 4 is 5.91 Å². The van der Waals surface area contributed by atoms with Crippen molar-refractivity contribution in [2.75, 3.05) is 6.54 Å². The van der Waals surface area contributed by atoms with E-state index in [1.807, 2.05) is 0 Å². The summed E-state index contributed by atoms with van der Waals surface area (Å²) >= 11 is 0. The fourth-order valence-corrected chi connectivity index (χ4v) is 1.82. The normalized spacial score (nSPS) is 10.4. The van der Waals surface area contributed by atoms with Gasteiger partial charge in [0.1, 0.15) is 12.7 Å². The summed E-state index contributed by atoms with van der Waals surface area (Å²) in [6.45, 7) is 0.421. The topological polar surface area (TPSA) is 120 Å². The number of aromatic nitrogens is 7. The monoisotopic (exact) mass is 312 g/mol. The van der Waals surface area contributed by atoms with Gasteiger partial charge in [0.15, 0.2) is 5.82 Å². The molecule has 1 N–H and O–H groups in total. The van der Waals surface area contributed by atoms with Gasteiger partial charge in [0.2, 0.25) is 5.82 Å². The molecule has 0 unspecified atom stereocenters. The third-order valence-corrected chi connectivity index (χ3v) is 2.88. The van der Waals surface area contributed by atoms with E-state index in [4.69, 9.17) is 0 Å². The van der Waals surface area contributed by atoms with Gasteiger partial charge in [-0.1, -0.05) is 0 Å². The summed E-state index contributed by atoms with van der Waals surface area (Å²) < 4.78 is 2.68. The summed E-state index contributed by atoms with van der Waals surface area (Å²) in [5, 5.41) is 10.7. The molecule has 0 fully saturated rings. The van der Waals surface area contributed by atoms with Gasteiger partial charge in [-0.15, -0.1) is 5.10 Å². The van der Waals surface area contributed by atoms with Crippen LogP contribution in [0.5, 0.6) is 0 Å². The molecule has 1 amide bonds. The number of nitrogens with zero attached hydrogens (tertiary/aromatic N) is 7. The second-order valence-electron chi connectivity index (χ2n) is 4.42. The zero-order valence-corrected chi connectivity index (χ0v) is 11.9. The van der Waals surface area contributed by atoms with Crippen molar-refractivity contribution in [3.8, 4) is 5.82 Å². The Morgan fingerprint density at radius 3 is 2.78 bits per heavy atom. The number of nitrogens with one attached hydrogen (secondary N) is 1. The van der Waals surface area contributed by atoms with Gasteiger partial charge in [0.25, 0.3) is 11.5 Å². The number of hydrogen-bond acceptors (Lipinski definition) is 7. The van der Waals surface area contributed by atoms with Gasteiger partial charge in [-0.25, -0.2) is 24.3 Å². The van der Waals surface area contributed by atoms with E-state index >= 15 is 0 Å². The van der Waals surface area contributed by atoms with Gasteiger partial charge in [0, 0.05) is 25.0 Å². The Morgan fingerprint density at radius 2 is 2.04 bits per heavy atom. The van der Waals surface area contributed by atoms with E-state index in [0.717, 1.165) is 0 Å². The zero-order chi connectivity index (χ0) is 16.1. The second kappa shape index (κ2) is 6.56. The van der Waals surface area contributed by atoms with Crippen molar-refractivity contribution in [1.82, 2.24) is 39.8 Å². The van der Waals surface area contributed by atoms with Crippen molar-refractivity contribution in [1.29, 1.82) is 0 Å². The lowest BCUT2D eigenvalue weighted by molar-refractivity contribution is 0.0941.